The predicted molar refractivity (Wildman–Crippen MR) is 110 cm³/mol. The zero-order chi connectivity index (χ0) is 17.7. The molecule has 0 aromatic heterocycles. The molecule has 7 heteroatoms. The summed E-state index contributed by atoms with van der Waals surface area (Å²) in [6, 6.07) is 0. The number of nitrogens with one attached hydrogen (secondary N) is 1. The lowest BCUT2D eigenvalue weighted by atomic mass is 9.93. The molecule has 0 aromatic carbocycles. The molecule has 1 saturated heterocycles. The number of carbonyl (C=O) groups excluding carboxylic acids is 1. The topological polar surface area (TPSA) is 57.2 Å². The summed E-state index contributed by atoms with van der Waals surface area (Å²) in [5, 5.41) is 3.34. The molecule has 0 aliphatic carbocycles. The molecule has 1 fully saturated rings. The third kappa shape index (κ3) is 8.39. The molecule has 1 rings (SSSR count). The number of likely N-dealkylation sites (tertiary alicyclic amines) is 1. The van der Waals surface area contributed by atoms with Gasteiger partial charge in [0.25, 0.3) is 0 Å². The van der Waals surface area contributed by atoms with Gasteiger partial charge in [-0.05, 0) is 39.5 Å². The van der Waals surface area contributed by atoms with Crippen molar-refractivity contribution in [1.29, 1.82) is 0 Å². The van der Waals surface area contributed by atoms with E-state index in [9.17, 15) is 4.79 Å². The molecule has 1 aliphatic heterocycles. The molecule has 0 saturated carbocycles. The third-order valence-electron chi connectivity index (χ3n) is 3.71. The Labute approximate surface area is 164 Å². The summed E-state index contributed by atoms with van der Waals surface area (Å²) in [7, 11) is 1.75. The first kappa shape index (κ1) is 23.3. The Kier molecular flexibility index (Phi) is 9.38. The van der Waals surface area contributed by atoms with Gasteiger partial charge in [0.05, 0.1) is 6.54 Å². The van der Waals surface area contributed by atoms with Crippen molar-refractivity contribution < 1.29 is 9.53 Å². The molecule has 0 aromatic rings. The third-order valence-corrected chi connectivity index (χ3v) is 3.71. The second kappa shape index (κ2) is 9.68. The largest absolute Gasteiger partial charge is 0.444 e. The van der Waals surface area contributed by atoms with Crippen LogP contribution in [0.25, 0.3) is 0 Å². The molecule has 6 nitrogen and oxygen atoms in total. The summed E-state index contributed by atoms with van der Waals surface area (Å²) < 4.78 is 5.34. The van der Waals surface area contributed by atoms with Gasteiger partial charge in [-0.25, -0.2) is 4.79 Å². The molecular weight excluding hydrogens is 419 g/mol. The fraction of sp³-hybridized carbons (Fsp3) is 0.882. The van der Waals surface area contributed by atoms with E-state index < -0.39 is 5.60 Å². The van der Waals surface area contributed by atoms with E-state index in [4.69, 9.17) is 4.74 Å². The predicted octanol–water partition coefficient (Wildman–Crippen LogP) is 3.17. The number of halogens is 1. The van der Waals surface area contributed by atoms with E-state index in [1.807, 2.05) is 20.8 Å². The van der Waals surface area contributed by atoms with Gasteiger partial charge in [0.1, 0.15) is 5.60 Å². The van der Waals surface area contributed by atoms with Gasteiger partial charge in [-0.2, -0.15) is 0 Å². The van der Waals surface area contributed by atoms with Crippen molar-refractivity contribution in [1.82, 2.24) is 15.1 Å². The van der Waals surface area contributed by atoms with Crippen molar-refractivity contribution in [2.45, 2.75) is 53.6 Å². The minimum absolute atomic E-state index is 0. The van der Waals surface area contributed by atoms with Crippen LogP contribution in [0.4, 0.5) is 4.79 Å². The summed E-state index contributed by atoms with van der Waals surface area (Å²) in [6.07, 6.45) is 0.870. The number of likely N-dealkylation sites (N-methyl/N-ethyl adjacent to an activating group) is 1. The average Bonchev–Trinajstić information content (AvgIpc) is 2.76. The van der Waals surface area contributed by atoms with Crippen molar-refractivity contribution in [3.63, 3.8) is 0 Å². The molecule has 24 heavy (non-hydrogen) atoms. The number of hydrogen-bond donors (Lipinski definition) is 1. The summed E-state index contributed by atoms with van der Waals surface area (Å²) in [5.74, 6) is 0.940. The van der Waals surface area contributed by atoms with Gasteiger partial charge < -0.3 is 19.9 Å². The van der Waals surface area contributed by atoms with Crippen LogP contribution in [0.5, 0.6) is 0 Å². The van der Waals surface area contributed by atoms with E-state index in [2.05, 4.69) is 36.0 Å². The summed E-state index contributed by atoms with van der Waals surface area (Å²) in [5.41, 5.74) is -0.131. The Balaban J connectivity index is 0.00000529. The van der Waals surface area contributed by atoms with E-state index in [0.29, 0.717) is 18.5 Å². The van der Waals surface area contributed by atoms with Gasteiger partial charge in [0.2, 0.25) is 0 Å². The van der Waals surface area contributed by atoms with E-state index in [-0.39, 0.29) is 30.1 Å². The molecule has 0 radical (unpaired) electrons. The van der Waals surface area contributed by atoms with Crippen LogP contribution in [-0.4, -0.2) is 67.2 Å². The Hall–Kier alpha value is -0.730. The summed E-state index contributed by atoms with van der Waals surface area (Å²) >= 11 is 0. The summed E-state index contributed by atoms with van der Waals surface area (Å²) in [6.45, 7) is 16.2. The number of amides is 1. The molecule has 0 unspecified atom stereocenters. The smallest absolute Gasteiger partial charge is 0.410 e. The van der Waals surface area contributed by atoms with Crippen LogP contribution < -0.4 is 5.32 Å². The van der Waals surface area contributed by atoms with Crippen LogP contribution in [0.1, 0.15) is 48.0 Å². The van der Waals surface area contributed by atoms with Crippen molar-refractivity contribution in [2.75, 3.05) is 39.8 Å². The highest BCUT2D eigenvalue weighted by Gasteiger charge is 2.30. The van der Waals surface area contributed by atoms with E-state index in [1.54, 1.807) is 11.9 Å². The van der Waals surface area contributed by atoms with E-state index in [0.717, 1.165) is 25.6 Å². The highest BCUT2D eigenvalue weighted by molar-refractivity contribution is 14.0. The lowest BCUT2D eigenvalue weighted by Gasteiger charge is -2.25. The first-order valence-corrected chi connectivity index (χ1v) is 8.51. The fourth-order valence-electron chi connectivity index (χ4n) is 2.46. The minimum atomic E-state index is -0.468. The van der Waals surface area contributed by atoms with Gasteiger partial charge in [-0.15, -0.1) is 24.0 Å². The molecule has 1 N–H and O–H groups in total. The first-order valence-electron chi connectivity index (χ1n) is 8.51. The Morgan fingerprint density at radius 2 is 2.00 bits per heavy atom. The molecular formula is C17H35IN4O2. The lowest BCUT2D eigenvalue weighted by Crippen LogP contribution is -2.41. The van der Waals surface area contributed by atoms with E-state index in [1.165, 1.54) is 6.42 Å². The van der Waals surface area contributed by atoms with Gasteiger partial charge in [-0.3, -0.25) is 4.99 Å². The van der Waals surface area contributed by atoms with Crippen LogP contribution in [0.15, 0.2) is 4.99 Å². The molecule has 142 valence electrons. The molecule has 1 heterocycles. The molecule has 1 amide bonds. The Morgan fingerprint density at radius 1 is 1.38 bits per heavy atom. The van der Waals surface area contributed by atoms with Gasteiger partial charge >= 0.3 is 6.09 Å². The van der Waals surface area contributed by atoms with Crippen molar-refractivity contribution in [2.24, 2.45) is 10.4 Å². The number of aliphatic imine (C=N–C) groups is 1. The minimum Gasteiger partial charge on any atom is -0.444 e. The monoisotopic (exact) mass is 454 g/mol. The number of rotatable bonds is 4. The van der Waals surface area contributed by atoms with Crippen LogP contribution in [-0.2, 0) is 4.74 Å². The second-order valence-corrected chi connectivity index (χ2v) is 7.97. The second-order valence-electron chi connectivity index (χ2n) is 7.97. The molecule has 1 aliphatic rings. The standard InChI is InChI=1S/C17H34N4O2.HI/c1-8-18-14(21-11-9-17(5,6)13-21)19-10-12-20(7)15(22)23-16(2,3)4;/h8-13H2,1-7H3,(H,18,19);1H. The summed E-state index contributed by atoms with van der Waals surface area (Å²) in [4.78, 5) is 20.5. The number of carbonyl (C=O) groups is 1. The maximum Gasteiger partial charge on any atom is 0.410 e. The number of ether oxygens (including phenoxy) is 1. The maximum absolute atomic E-state index is 11.9. The molecule has 0 spiro atoms. The highest BCUT2D eigenvalue weighted by Crippen LogP contribution is 2.28. The number of hydrogen-bond acceptors (Lipinski definition) is 3. The first-order chi connectivity index (χ1) is 10.5. The van der Waals surface area contributed by atoms with Crippen LogP contribution in [0.3, 0.4) is 0 Å². The molecule has 0 atom stereocenters. The zero-order valence-corrected chi connectivity index (χ0v) is 18.6. The average molecular weight is 454 g/mol. The van der Waals surface area contributed by atoms with Crippen LogP contribution in [0, 0.1) is 5.41 Å². The number of nitrogens with zero attached hydrogens (tertiary/aromatic N) is 3. The van der Waals surface area contributed by atoms with Gasteiger partial charge in [-0.1, -0.05) is 13.8 Å². The van der Waals surface area contributed by atoms with Crippen molar-refractivity contribution >= 4 is 36.0 Å². The maximum atomic E-state index is 11.9. The van der Waals surface area contributed by atoms with E-state index >= 15 is 0 Å². The van der Waals surface area contributed by atoms with Crippen LogP contribution in [0.2, 0.25) is 0 Å². The molecule has 0 bridgehead atoms. The van der Waals surface area contributed by atoms with Crippen LogP contribution >= 0.6 is 24.0 Å². The zero-order valence-electron chi connectivity index (χ0n) is 16.3. The quantitative estimate of drug-likeness (QED) is 0.403. The van der Waals surface area contributed by atoms with Crippen molar-refractivity contribution in [3.8, 4) is 0 Å². The fourth-order valence-corrected chi connectivity index (χ4v) is 2.46. The SMILES string of the molecule is CCNC(=NCCN(C)C(=O)OC(C)(C)C)N1CCC(C)(C)C1.I. The Morgan fingerprint density at radius 3 is 2.46 bits per heavy atom. The van der Waals surface area contributed by atoms with Crippen molar-refractivity contribution in [3.05, 3.63) is 0 Å². The normalized spacial score (nSPS) is 17.3. The Bertz CT molecular complexity index is 433. The lowest BCUT2D eigenvalue weighted by molar-refractivity contribution is 0.0304. The van der Waals surface area contributed by atoms with Gasteiger partial charge in [0, 0.05) is 33.2 Å². The highest BCUT2D eigenvalue weighted by atomic mass is 127. The number of guanidine groups is 1. The van der Waals surface area contributed by atoms with Gasteiger partial charge in [0.15, 0.2) is 5.96 Å².